The maximum Gasteiger partial charge on any atom is 0.0837 e. The standard InChI is InChI=1S/C15H19Cl2N3/c1-4-7-18-14(15-13(17)9-19-20(15)3)12-8-11(16)6-5-10(12)2/h5-6,8-9,14,18H,4,7H2,1-3H3. The maximum atomic E-state index is 6.30. The summed E-state index contributed by atoms with van der Waals surface area (Å²) in [5.41, 5.74) is 3.28. The highest BCUT2D eigenvalue weighted by Gasteiger charge is 2.22. The van der Waals surface area contributed by atoms with E-state index in [1.54, 1.807) is 6.20 Å². The van der Waals surface area contributed by atoms with Crippen molar-refractivity contribution in [3.05, 3.63) is 51.3 Å². The molecule has 1 heterocycles. The lowest BCUT2D eigenvalue weighted by atomic mass is 9.98. The SMILES string of the molecule is CCCNC(c1cc(Cl)ccc1C)c1c(Cl)cnn1C. The van der Waals surface area contributed by atoms with Gasteiger partial charge in [-0.3, -0.25) is 4.68 Å². The van der Waals surface area contributed by atoms with E-state index in [9.17, 15) is 0 Å². The average molecular weight is 312 g/mol. The molecule has 0 bridgehead atoms. The first kappa shape index (κ1) is 15.4. The summed E-state index contributed by atoms with van der Waals surface area (Å²) in [6, 6.07) is 5.92. The number of aryl methyl sites for hydroxylation is 2. The van der Waals surface area contributed by atoms with Gasteiger partial charge in [0.2, 0.25) is 0 Å². The number of benzene rings is 1. The van der Waals surface area contributed by atoms with E-state index >= 15 is 0 Å². The monoisotopic (exact) mass is 311 g/mol. The number of aromatic nitrogens is 2. The van der Waals surface area contributed by atoms with Gasteiger partial charge in [0.05, 0.1) is 23.0 Å². The molecule has 2 aromatic rings. The summed E-state index contributed by atoms with van der Waals surface area (Å²) < 4.78 is 1.82. The lowest BCUT2D eigenvalue weighted by Gasteiger charge is -2.22. The third kappa shape index (κ3) is 3.17. The van der Waals surface area contributed by atoms with E-state index in [4.69, 9.17) is 23.2 Å². The second-order valence-electron chi connectivity index (χ2n) is 4.89. The van der Waals surface area contributed by atoms with Gasteiger partial charge in [0, 0.05) is 12.1 Å². The Balaban J connectivity index is 2.50. The van der Waals surface area contributed by atoms with Crippen LogP contribution < -0.4 is 5.32 Å². The third-order valence-corrected chi connectivity index (χ3v) is 3.89. The Labute approximate surface area is 129 Å². The van der Waals surface area contributed by atoms with E-state index in [1.807, 2.05) is 29.9 Å². The van der Waals surface area contributed by atoms with Crippen LogP contribution in [0.5, 0.6) is 0 Å². The van der Waals surface area contributed by atoms with Crippen LogP contribution in [-0.4, -0.2) is 16.3 Å². The molecule has 0 aliphatic rings. The van der Waals surface area contributed by atoms with Gasteiger partial charge in [-0.05, 0) is 43.1 Å². The van der Waals surface area contributed by atoms with E-state index in [1.165, 1.54) is 5.56 Å². The number of nitrogens with zero attached hydrogens (tertiary/aromatic N) is 2. The fourth-order valence-corrected chi connectivity index (χ4v) is 2.77. The normalized spacial score (nSPS) is 12.7. The summed E-state index contributed by atoms with van der Waals surface area (Å²) >= 11 is 12.5. The number of hydrogen-bond donors (Lipinski definition) is 1. The van der Waals surface area contributed by atoms with Crippen molar-refractivity contribution in [2.75, 3.05) is 6.54 Å². The molecule has 5 heteroatoms. The summed E-state index contributed by atoms with van der Waals surface area (Å²) in [6.07, 6.45) is 2.73. The fourth-order valence-electron chi connectivity index (χ4n) is 2.31. The van der Waals surface area contributed by atoms with Crippen molar-refractivity contribution in [1.29, 1.82) is 0 Å². The molecule has 3 nitrogen and oxygen atoms in total. The summed E-state index contributed by atoms with van der Waals surface area (Å²) in [6.45, 7) is 5.12. The van der Waals surface area contributed by atoms with Crippen LogP contribution in [0.3, 0.4) is 0 Å². The Morgan fingerprint density at radius 3 is 2.70 bits per heavy atom. The van der Waals surface area contributed by atoms with E-state index in [2.05, 4.69) is 24.3 Å². The molecule has 0 saturated carbocycles. The van der Waals surface area contributed by atoms with Gasteiger partial charge in [-0.1, -0.05) is 36.2 Å². The number of halogens is 2. The van der Waals surface area contributed by atoms with Crippen LogP contribution in [0.4, 0.5) is 0 Å². The second kappa shape index (κ2) is 6.61. The number of hydrogen-bond acceptors (Lipinski definition) is 2. The molecular formula is C15H19Cl2N3. The Bertz CT molecular complexity index is 573. The van der Waals surface area contributed by atoms with Crippen LogP contribution in [0.2, 0.25) is 10.0 Å². The first-order valence-corrected chi connectivity index (χ1v) is 7.47. The average Bonchev–Trinajstić information content (AvgIpc) is 2.74. The molecule has 0 saturated heterocycles. The van der Waals surface area contributed by atoms with Gasteiger partial charge in [-0.15, -0.1) is 0 Å². The fraction of sp³-hybridized carbons (Fsp3) is 0.400. The van der Waals surface area contributed by atoms with E-state index in [0.717, 1.165) is 29.2 Å². The first-order valence-electron chi connectivity index (χ1n) is 6.71. The summed E-state index contributed by atoms with van der Waals surface area (Å²) in [5.74, 6) is 0. The molecule has 1 N–H and O–H groups in total. The van der Waals surface area contributed by atoms with Gasteiger partial charge < -0.3 is 5.32 Å². The number of nitrogens with one attached hydrogen (secondary N) is 1. The molecule has 0 aliphatic heterocycles. The Kier molecular flexibility index (Phi) is 5.08. The summed E-state index contributed by atoms with van der Waals surface area (Å²) in [5, 5.41) is 9.16. The Hall–Kier alpha value is -1.03. The summed E-state index contributed by atoms with van der Waals surface area (Å²) in [4.78, 5) is 0. The first-order chi connectivity index (χ1) is 9.54. The van der Waals surface area contributed by atoms with E-state index in [0.29, 0.717) is 5.02 Å². The van der Waals surface area contributed by atoms with E-state index in [-0.39, 0.29) is 6.04 Å². The minimum atomic E-state index is -0.00588. The zero-order valence-electron chi connectivity index (χ0n) is 12.0. The second-order valence-corrected chi connectivity index (χ2v) is 5.73. The van der Waals surface area contributed by atoms with Gasteiger partial charge in [0.25, 0.3) is 0 Å². The largest absolute Gasteiger partial charge is 0.305 e. The van der Waals surface area contributed by atoms with Crippen molar-refractivity contribution in [3.8, 4) is 0 Å². The predicted molar refractivity (Wildman–Crippen MR) is 84.5 cm³/mol. The third-order valence-electron chi connectivity index (χ3n) is 3.36. The van der Waals surface area contributed by atoms with Gasteiger partial charge in [0.1, 0.15) is 0 Å². The number of rotatable bonds is 5. The van der Waals surface area contributed by atoms with Crippen molar-refractivity contribution in [3.63, 3.8) is 0 Å². The smallest absolute Gasteiger partial charge is 0.0837 e. The van der Waals surface area contributed by atoms with Crippen molar-refractivity contribution in [2.24, 2.45) is 7.05 Å². The lowest BCUT2D eigenvalue weighted by molar-refractivity contribution is 0.552. The van der Waals surface area contributed by atoms with Gasteiger partial charge >= 0.3 is 0 Å². The predicted octanol–water partition coefficient (Wildman–Crippen LogP) is 4.12. The molecule has 1 aromatic carbocycles. The van der Waals surface area contributed by atoms with Gasteiger partial charge in [-0.2, -0.15) is 5.10 Å². The molecule has 108 valence electrons. The molecule has 1 aromatic heterocycles. The molecule has 0 radical (unpaired) electrons. The van der Waals surface area contributed by atoms with E-state index < -0.39 is 0 Å². The van der Waals surface area contributed by atoms with Crippen LogP contribution in [0.25, 0.3) is 0 Å². The van der Waals surface area contributed by atoms with Crippen LogP contribution in [0, 0.1) is 6.92 Å². The molecule has 2 rings (SSSR count). The quantitative estimate of drug-likeness (QED) is 0.900. The zero-order valence-corrected chi connectivity index (χ0v) is 13.5. The highest BCUT2D eigenvalue weighted by atomic mass is 35.5. The topological polar surface area (TPSA) is 29.9 Å². The van der Waals surface area contributed by atoms with Gasteiger partial charge in [0.15, 0.2) is 0 Å². The minimum absolute atomic E-state index is 0.00588. The van der Waals surface area contributed by atoms with Crippen molar-refractivity contribution in [2.45, 2.75) is 26.3 Å². The van der Waals surface area contributed by atoms with Crippen LogP contribution in [-0.2, 0) is 7.05 Å². The molecule has 0 fully saturated rings. The molecule has 20 heavy (non-hydrogen) atoms. The molecule has 1 unspecified atom stereocenters. The van der Waals surface area contributed by atoms with Crippen LogP contribution >= 0.6 is 23.2 Å². The molecule has 0 amide bonds. The lowest BCUT2D eigenvalue weighted by Crippen LogP contribution is -2.26. The van der Waals surface area contributed by atoms with Gasteiger partial charge in [-0.25, -0.2) is 0 Å². The minimum Gasteiger partial charge on any atom is -0.305 e. The molecule has 0 spiro atoms. The highest BCUT2D eigenvalue weighted by Crippen LogP contribution is 2.31. The van der Waals surface area contributed by atoms with Crippen LogP contribution in [0.1, 0.15) is 36.2 Å². The van der Waals surface area contributed by atoms with Crippen molar-refractivity contribution in [1.82, 2.24) is 15.1 Å². The summed E-state index contributed by atoms with van der Waals surface area (Å²) in [7, 11) is 1.90. The van der Waals surface area contributed by atoms with Crippen LogP contribution in [0.15, 0.2) is 24.4 Å². The zero-order chi connectivity index (χ0) is 14.7. The molecule has 0 aliphatic carbocycles. The molecular weight excluding hydrogens is 293 g/mol. The highest BCUT2D eigenvalue weighted by molar-refractivity contribution is 6.31. The Morgan fingerprint density at radius 1 is 1.35 bits per heavy atom. The van der Waals surface area contributed by atoms with Crippen molar-refractivity contribution >= 4 is 23.2 Å². The Morgan fingerprint density at radius 2 is 2.10 bits per heavy atom. The van der Waals surface area contributed by atoms with Crippen molar-refractivity contribution < 1.29 is 0 Å². The molecule has 1 atom stereocenters. The maximum absolute atomic E-state index is 6.30.